The Morgan fingerprint density at radius 2 is 1.68 bits per heavy atom. The molecule has 0 spiro atoms. The van der Waals surface area contributed by atoms with Crippen LogP contribution in [0.4, 0.5) is 9.59 Å². The Balaban J connectivity index is 1.48. The fourth-order valence-electron chi connectivity index (χ4n) is 4.19. The number of imide groups is 1. The molecule has 0 radical (unpaired) electrons. The first-order valence-electron chi connectivity index (χ1n) is 10.8. The number of likely N-dealkylation sites (tertiary alicyclic amines) is 1. The summed E-state index contributed by atoms with van der Waals surface area (Å²) < 4.78 is 10.7. The van der Waals surface area contributed by atoms with Crippen LogP contribution in [0.5, 0.6) is 5.75 Å². The highest BCUT2D eigenvalue weighted by molar-refractivity contribution is 6.07. The van der Waals surface area contributed by atoms with Crippen molar-refractivity contribution < 1.29 is 23.9 Å². The minimum atomic E-state index is -1.40. The molecule has 2 aromatic carbocycles. The summed E-state index contributed by atoms with van der Waals surface area (Å²) in [7, 11) is 0. The monoisotopic (exact) mass is 455 g/mol. The number of rotatable bonds is 5. The van der Waals surface area contributed by atoms with Gasteiger partial charge in [0.15, 0.2) is 5.54 Å². The van der Waals surface area contributed by atoms with Gasteiger partial charge < -0.3 is 9.47 Å². The van der Waals surface area contributed by atoms with E-state index in [2.05, 4.69) is 4.98 Å². The highest BCUT2D eigenvalue weighted by Crippen LogP contribution is 2.42. The lowest BCUT2D eigenvalue weighted by Gasteiger charge is -2.50. The van der Waals surface area contributed by atoms with Gasteiger partial charge in [-0.3, -0.25) is 14.7 Å². The van der Waals surface area contributed by atoms with Crippen LogP contribution in [0.25, 0.3) is 6.08 Å². The van der Waals surface area contributed by atoms with Crippen LogP contribution in [0, 0.1) is 0 Å². The average Bonchev–Trinajstić information content (AvgIpc) is 3.26. The zero-order chi connectivity index (χ0) is 23.5. The van der Waals surface area contributed by atoms with Crippen LogP contribution in [0.3, 0.4) is 0 Å². The van der Waals surface area contributed by atoms with E-state index in [-0.39, 0.29) is 13.2 Å². The van der Waals surface area contributed by atoms with E-state index in [0.717, 1.165) is 16.0 Å². The second kappa shape index (κ2) is 8.82. The summed E-state index contributed by atoms with van der Waals surface area (Å²) in [6, 6.07) is 21.0. The van der Waals surface area contributed by atoms with Crippen molar-refractivity contribution >= 4 is 24.2 Å². The number of hydrogen-bond acceptors (Lipinski definition) is 6. The molecule has 8 nitrogen and oxygen atoms in total. The second-order valence-electron chi connectivity index (χ2n) is 7.98. The summed E-state index contributed by atoms with van der Waals surface area (Å²) in [5.74, 6) is -0.230. The van der Waals surface area contributed by atoms with Gasteiger partial charge in [0.05, 0.1) is 12.6 Å². The number of pyridine rings is 1. The third kappa shape index (κ3) is 3.79. The fourth-order valence-corrected chi connectivity index (χ4v) is 4.19. The van der Waals surface area contributed by atoms with E-state index < -0.39 is 29.7 Å². The van der Waals surface area contributed by atoms with Gasteiger partial charge in [0, 0.05) is 12.4 Å². The highest BCUT2D eigenvalue weighted by atomic mass is 16.6. The topological polar surface area (TPSA) is 89.0 Å². The van der Waals surface area contributed by atoms with Gasteiger partial charge in [0.2, 0.25) is 0 Å². The van der Waals surface area contributed by atoms with Gasteiger partial charge >= 0.3 is 12.2 Å². The number of nitrogens with zero attached hydrogens (tertiary/aromatic N) is 3. The Labute approximate surface area is 196 Å². The number of carbonyl (C=O) groups is 3. The molecule has 0 unspecified atom stereocenters. The number of hydrogen-bond donors (Lipinski definition) is 0. The molecule has 3 heterocycles. The third-order valence-corrected chi connectivity index (χ3v) is 5.93. The zero-order valence-corrected chi connectivity index (χ0v) is 18.1. The molecule has 3 aromatic rings. The summed E-state index contributed by atoms with van der Waals surface area (Å²) in [6.07, 6.45) is 5.25. The molecule has 5 rings (SSSR count). The second-order valence-corrected chi connectivity index (χ2v) is 7.98. The molecule has 0 bridgehead atoms. The van der Waals surface area contributed by atoms with Crippen molar-refractivity contribution in [3.8, 4) is 5.75 Å². The maximum Gasteiger partial charge on any atom is 0.422 e. The smallest absolute Gasteiger partial charge is 0.422 e. The molecule has 2 fully saturated rings. The molecular weight excluding hydrogens is 434 g/mol. The summed E-state index contributed by atoms with van der Waals surface area (Å²) in [5, 5.41) is 0. The number of aromatic nitrogens is 1. The van der Waals surface area contributed by atoms with Gasteiger partial charge in [0.25, 0.3) is 5.91 Å². The van der Waals surface area contributed by atoms with Crippen molar-refractivity contribution in [3.05, 3.63) is 102 Å². The predicted octanol–water partition coefficient (Wildman–Crippen LogP) is 4.07. The predicted molar refractivity (Wildman–Crippen MR) is 123 cm³/mol. The number of amides is 3. The van der Waals surface area contributed by atoms with Crippen LogP contribution >= 0.6 is 0 Å². The summed E-state index contributed by atoms with van der Waals surface area (Å²) >= 11 is 0. The van der Waals surface area contributed by atoms with Crippen LogP contribution in [0.2, 0.25) is 0 Å². The van der Waals surface area contributed by atoms with Crippen LogP contribution in [0.1, 0.15) is 17.2 Å². The van der Waals surface area contributed by atoms with Crippen LogP contribution in [0.15, 0.2) is 91.3 Å². The first kappa shape index (κ1) is 21.4. The Morgan fingerprint density at radius 1 is 1.00 bits per heavy atom. The Kier molecular flexibility index (Phi) is 5.55. The van der Waals surface area contributed by atoms with Crippen molar-refractivity contribution in [1.29, 1.82) is 0 Å². The number of para-hydroxylation sites is 1. The van der Waals surface area contributed by atoms with Gasteiger partial charge in [-0.25, -0.2) is 14.5 Å². The van der Waals surface area contributed by atoms with E-state index in [1.807, 2.05) is 30.3 Å². The minimum absolute atomic E-state index is 0.0580. The van der Waals surface area contributed by atoms with Crippen LogP contribution in [-0.2, 0) is 9.53 Å². The van der Waals surface area contributed by atoms with E-state index in [4.69, 9.17) is 9.47 Å². The molecule has 2 aliphatic heterocycles. The first-order chi connectivity index (χ1) is 16.6. The zero-order valence-electron chi connectivity index (χ0n) is 18.1. The molecule has 1 aromatic heterocycles. The number of ether oxygens (including phenoxy) is 2. The number of β-lactam (4-membered cyclic amide) rings is 1. The van der Waals surface area contributed by atoms with Crippen molar-refractivity contribution in [1.82, 2.24) is 14.8 Å². The molecule has 34 heavy (non-hydrogen) atoms. The molecule has 2 atom stereocenters. The van der Waals surface area contributed by atoms with Crippen molar-refractivity contribution in [2.24, 2.45) is 0 Å². The molecule has 2 aliphatic rings. The summed E-state index contributed by atoms with van der Waals surface area (Å²) in [5.41, 5.74) is 0.243. The molecule has 3 amide bonds. The maximum atomic E-state index is 13.6. The van der Waals surface area contributed by atoms with Gasteiger partial charge in [-0.15, -0.1) is 0 Å². The fraction of sp³-hybridized carbons (Fsp3) is 0.154. The Bertz CT molecular complexity index is 1230. The highest BCUT2D eigenvalue weighted by Gasteiger charge is 2.62. The standard InChI is InChI=1S/C26H21N3O5/c30-23-26(14-11-19-12-15-27-16-13-19,18-28(23)24(31)34-21-9-5-2-6-10-21)29-22(17-33-25(29)32)20-7-3-1-4-8-20/h1-16,22H,17-18H2/t22-,26-/m1/s1. The largest absolute Gasteiger partial charge is 0.447 e. The number of benzene rings is 2. The summed E-state index contributed by atoms with van der Waals surface area (Å²) in [4.78, 5) is 45.6. The summed E-state index contributed by atoms with van der Waals surface area (Å²) in [6.45, 7) is 0.0486. The van der Waals surface area contributed by atoms with E-state index in [9.17, 15) is 14.4 Å². The van der Waals surface area contributed by atoms with E-state index in [0.29, 0.717) is 5.75 Å². The maximum absolute atomic E-state index is 13.6. The molecule has 0 N–H and O–H groups in total. The van der Waals surface area contributed by atoms with Gasteiger partial charge in [-0.2, -0.15) is 0 Å². The molecule has 0 aliphatic carbocycles. The van der Waals surface area contributed by atoms with Crippen molar-refractivity contribution in [2.45, 2.75) is 11.6 Å². The number of cyclic esters (lactones) is 1. The lowest BCUT2D eigenvalue weighted by atomic mass is 9.84. The lowest BCUT2D eigenvalue weighted by Crippen LogP contribution is -2.75. The van der Waals surface area contributed by atoms with Crippen LogP contribution < -0.4 is 4.74 Å². The van der Waals surface area contributed by atoms with Crippen molar-refractivity contribution in [3.63, 3.8) is 0 Å². The van der Waals surface area contributed by atoms with E-state index in [1.54, 1.807) is 67.0 Å². The van der Waals surface area contributed by atoms with E-state index >= 15 is 0 Å². The van der Waals surface area contributed by atoms with Gasteiger partial charge in [-0.05, 0) is 41.5 Å². The normalized spacial score (nSPS) is 21.9. The Morgan fingerprint density at radius 3 is 2.35 bits per heavy atom. The van der Waals surface area contributed by atoms with Crippen LogP contribution in [-0.4, -0.2) is 51.6 Å². The SMILES string of the molecule is O=C(Oc1ccccc1)N1C[C@@](C=Cc2ccncc2)(N2C(=O)OC[C@@H]2c2ccccc2)C1=O. The van der Waals surface area contributed by atoms with Gasteiger partial charge in [0.1, 0.15) is 12.4 Å². The molecule has 8 heteroatoms. The lowest BCUT2D eigenvalue weighted by molar-refractivity contribution is -0.152. The quantitative estimate of drug-likeness (QED) is 0.539. The third-order valence-electron chi connectivity index (χ3n) is 5.93. The minimum Gasteiger partial charge on any atom is -0.447 e. The number of carbonyl (C=O) groups excluding carboxylic acids is 3. The average molecular weight is 455 g/mol. The molecular formula is C26H21N3O5. The first-order valence-corrected chi connectivity index (χ1v) is 10.8. The van der Waals surface area contributed by atoms with Crippen molar-refractivity contribution in [2.75, 3.05) is 13.2 Å². The van der Waals surface area contributed by atoms with Gasteiger partial charge in [-0.1, -0.05) is 54.6 Å². The Hall–Kier alpha value is -4.46. The molecule has 2 saturated heterocycles. The van der Waals surface area contributed by atoms with E-state index in [1.165, 1.54) is 4.90 Å². The molecule has 170 valence electrons. The molecule has 0 saturated carbocycles.